The van der Waals surface area contributed by atoms with Crippen LogP contribution in [0.2, 0.25) is 0 Å². The summed E-state index contributed by atoms with van der Waals surface area (Å²) in [5, 5.41) is 12.3. The van der Waals surface area contributed by atoms with Crippen LogP contribution in [0, 0.1) is 0 Å². The lowest BCUT2D eigenvalue weighted by Gasteiger charge is -2.26. The standard InChI is InChI=1S/C13H21N3O4/c1-3-15(4-2)9-5-6-16(8-9)12(17)11-7-10(13(18)19)14-20-11/h9,11H,3-8H2,1-2H3,(H,18,19). The summed E-state index contributed by atoms with van der Waals surface area (Å²) in [5.74, 6) is -1.28. The van der Waals surface area contributed by atoms with E-state index in [9.17, 15) is 9.59 Å². The number of carbonyl (C=O) groups is 2. The van der Waals surface area contributed by atoms with E-state index in [1.54, 1.807) is 4.90 Å². The van der Waals surface area contributed by atoms with Crippen molar-refractivity contribution in [1.82, 2.24) is 9.80 Å². The quantitative estimate of drug-likeness (QED) is 0.777. The van der Waals surface area contributed by atoms with Crippen LogP contribution in [0.15, 0.2) is 5.16 Å². The Labute approximate surface area is 118 Å². The Hall–Kier alpha value is -1.63. The lowest BCUT2D eigenvalue weighted by atomic mass is 10.1. The number of hydrogen-bond donors (Lipinski definition) is 1. The molecule has 0 radical (unpaired) electrons. The summed E-state index contributed by atoms with van der Waals surface area (Å²) in [6.07, 6.45) is 0.240. The zero-order valence-corrected chi connectivity index (χ0v) is 11.9. The zero-order chi connectivity index (χ0) is 14.7. The summed E-state index contributed by atoms with van der Waals surface area (Å²) < 4.78 is 0. The van der Waals surface area contributed by atoms with Gasteiger partial charge in [0.2, 0.25) is 6.10 Å². The molecule has 0 bridgehead atoms. The minimum atomic E-state index is -1.12. The minimum absolute atomic E-state index is 0.0562. The predicted molar refractivity (Wildman–Crippen MR) is 72.5 cm³/mol. The van der Waals surface area contributed by atoms with Crippen molar-refractivity contribution in [2.45, 2.75) is 38.8 Å². The third-order valence-electron chi connectivity index (χ3n) is 3.99. The van der Waals surface area contributed by atoms with Gasteiger partial charge in [0.05, 0.1) is 0 Å². The number of likely N-dealkylation sites (N-methyl/N-ethyl adjacent to an activating group) is 1. The minimum Gasteiger partial charge on any atom is -0.477 e. The molecule has 0 aromatic carbocycles. The molecule has 1 saturated heterocycles. The first-order valence-corrected chi connectivity index (χ1v) is 7.05. The number of carbonyl (C=O) groups excluding carboxylic acids is 1. The Balaban J connectivity index is 1.88. The van der Waals surface area contributed by atoms with Gasteiger partial charge < -0.3 is 14.8 Å². The van der Waals surface area contributed by atoms with E-state index < -0.39 is 12.1 Å². The molecular weight excluding hydrogens is 262 g/mol. The maximum Gasteiger partial charge on any atom is 0.353 e. The van der Waals surface area contributed by atoms with Crippen LogP contribution in [0.5, 0.6) is 0 Å². The van der Waals surface area contributed by atoms with Gasteiger partial charge in [-0.1, -0.05) is 19.0 Å². The second-order valence-corrected chi connectivity index (χ2v) is 5.09. The van der Waals surface area contributed by atoms with Crippen molar-refractivity contribution in [3.8, 4) is 0 Å². The van der Waals surface area contributed by atoms with E-state index in [0.717, 1.165) is 19.5 Å². The Morgan fingerprint density at radius 3 is 2.70 bits per heavy atom. The second-order valence-electron chi connectivity index (χ2n) is 5.09. The van der Waals surface area contributed by atoms with Crippen LogP contribution in [0.25, 0.3) is 0 Å². The average molecular weight is 283 g/mol. The van der Waals surface area contributed by atoms with Crippen LogP contribution < -0.4 is 0 Å². The first-order chi connectivity index (χ1) is 9.56. The number of oxime groups is 1. The Morgan fingerprint density at radius 1 is 1.45 bits per heavy atom. The van der Waals surface area contributed by atoms with Gasteiger partial charge in [0.1, 0.15) is 0 Å². The van der Waals surface area contributed by atoms with Gasteiger partial charge in [-0.2, -0.15) is 0 Å². The lowest BCUT2D eigenvalue weighted by molar-refractivity contribution is -0.141. The highest BCUT2D eigenvalue weighted by atomic mass is 16.6. The van der Waals surface area contributed by atoms with E-state index in [4.69, 9.17) is 9.94 Å². The van der Waals surface area contributed by atoms with Gasteiger partial charge in [-0.15, -0.1) is 0 Å². The summed E-state index contributed by atoms with van der Waals surface area (Å²) >= 11 is 0. The number of carboxylic acid groups (broad SMARTS) is 1. The van der Waals surface area contributed by atoms with Gasteiger partial charge in [0.25, 0.3) is 5.91 Å². The molecule has 2 atom stereocenters. The molecule has 7 heteroatoms. The van der Waals surface area contributed by atoms with Gasteiger partial charge in [0, 0.05) is 25.6 Å². The molecule has 1 fully saturated rings. The number of likely N-dealkylation sites (tertiary alicyclic amines) is 1. The summed E-state index contributed by atoms with van der Waals surface area (Å²) in [7, 11) is 0. The number of amides is 1. The molecule has 2 aliphatic rings. The van der Waals surface area contributed by atoms with Crippen molar-refractivity contribution in [2.24, 2.45) is 5.16 Å². The number of hydrogen-bond acceptors (Lipinski definition) is 5. The predicted octanol–water partition coefficient (Wildman–Crippen LogP) is 0.159. The SMILES string of the molecule is CCN(CC)C1CCN(C(=O)C2CC(C(=O)O)=NO2)C1. The highest BCUT2D eigenvalue weighted by Crippen LogP contribution is 2.20. The number of aliphatic carboxylic acids is 1. The fourth-order valence-electron chi connectivity index (χ4n) is 2.82. The van der Waals surface area contributed by atoms with E-state index in [1.807, 2.05) is 0 Å². The normalized spacial score (nSPS) is 25.8. The van der Waals surface area contributed by atoms with Crippen molar-refractivity contribution in [2.75, 3.05) is 26.2 Å². The van der Waals surface area contributed by atoms with Crippen LogP contribution in [-0.2, 0) is 14.4 Å². The second kappa shape index (κ2) is 6.21. The van der Waals surface area contributed by atoms with Crippen molar-refractivity contribution in [3.05, 3.63) is 0 Å². The topological polar surface area (TPSA) is 82.4 Å². The highest BCUT2D eigenvalue weighted by molar-refractivity contribution is 6.36. The van der Waals surface area contributed by atoms with Crippen LogP contribution in [-0.4, -0.2) is 70.8 Å². The van der Waals surface area contributed by atoms with Crippen LogP contribution in [0.4, 0.5) is 0 Å². The van der Waals surface area contributed by atoms with E-state index in [-0.39, 0.29) is 18.0 Å². The van der Waals surface area contributed by atoms with Crippen molar-refractivity contribution in [1.29, 1.82) is 0 Å². The van der Waals surface area contributed by atoms with Gasteiger partial charge in [-0.3, -0.25) is 9.69 Å². The van der Waals surface area contributed by atoms with E-state index in [1.165, 1.54) is 0 Å². The molecule has 0 saturated carbocycles. The maximum atomic E-state index is 12.3. The Morgan fingerprint density at radius 2 is 2.15 bits per heavy atom. The van der Waals surface area contributed by atoms with E-state index in [2.05, 4.69) is 23.9 Å². The third-order valence-corrected chi connectivity index (χ3v) is 3.99. The summed E-state index contributed by atoms with van der Waals surface area (Å²) in [5.41, 5.74) is -0.0807. The van der Waals surface area contributed by atoms with E-state index in [0.29, 0.717) is 19.1 Å². The summed E-state index contributed by atoms with van der Waals surface area (Å²) in [6.45, 7) is 7.54. The van der Waals surface area contributed by atoms with Gasteiger partial charge in [0.15, 0.2) is 5.71 Å². The molecule has 2 unspecified atom stereocenters. The lowest BCUT2D eigenvalue weighted by Crippen LogP contribution is -2.42. The Bertz CT molecular complexity index is 420. The Kier molecular flexibility index (Phi) is 4.59. The zero-order valence-electron chi connectivity index (χ0n) is 11.9. The molecule has 2 aliphatic heterocycles. The monoisotopic (exact) mass is 283 g/mol. The van der Waals surface area contributed by atoms with Crippen molar-refractivity contribution in [3.63, 3.8) is 0 Å². The van der Waals surface area contributed by atoms with Crippen LogP contribution in [0.3, 0.4) is 0 Å². The largest absolute Gasteiger partial charge is 0.477 e. The number of rotatable bonds is 5. The molecule has 0 spiro atoms. The van der Waals surface area contributed by atoms with Gasteiger partial charge in [-0.05, 0) is 19.5 Å². The molecule has 112 valence electrons. The molecule has 1 N–H and O–H groups in total. The molecular formula is C13H21N3O4. The average Bonchev–Trinajstić information content (AvgIpc) is 3.09. The molecule has 2 heterocycles. The fourth-order valence-corrected chi connectivity index (χ4v) is 2.82. The molecule has 0 aliphatic carbocycles. The van der Waals surface area contributed by atoms with Crippen molar-refractivity contribution < 1.29 is 19.5 Å². The number of nitrogens with zero attached hydrogens (tertiary/aromatic N) is 3. The maximum absolute atomic E-state index is 12.3. The van der Waals surface area contributed by atoms with Crippen LogP contribution >= 0.6 is 0 Å². The number of carboxylic acids is 1. The van der Waals surface area contributed by atoms with Crippen LogP contribution in [0.1, 0.15) is 26.7 Å². The third kappa shape index (κ3) is 2.92. The molecule has 2 rings (SSSR count). The fraction of sp³-hybridized carbons (Fsp3) is 0.769. The van der Waals surface area contributed by atoms with E-state index >= 15 is 0 Å². The molecule has 20 heavy (non-hydrogen) atoms. The van der Waals surface area contributed by atoms with Gasteiger partial charge in [-0.25, -0.2) is 4.79 Å². The molecule has 7 nitrogen and oxygen atoms in total. The summed E-state index contributed by atoms with van der Waals surface area (Å²) in [6, 6.07) is 0.384. The molecule has 1 amide bonds. The molecule has 0 aromatic rings. The first-order valence-electron chi connectivity index (χ1n) is 7.05. The summed E-state index contributed by atoms with van der Waals surface area (Å²) in [4.78, 5) is 32.1. The van der Waals surface area contributed by atoms with Crippen molar-refractivity contribution >= 4 is 17.6 Å². The first kappa shape index (κ1) is 14.8. The molecule has 0 aromatic heterocycles. The van der Waals surface area contributed by atoms with Gasteiger partial charge >= 0.3 is 5.97 Å². The smallest absolute Gasteiger partial charge is 0.353 e. The highest BCUT2D eigenvalue weighted by Gasteiger charge is 2.37.